The van der Waals surface area contributed by atoms with Crippen LogP contribution < -0.4 is 4.90 Å². The molecule has 140 valence electrons. The van der Waals surface area contributed by atoms with Crippen LogP contribution in [0.5, 0.6) is 0 Å². The highest BCUT2D eigenvalue weighted by Gasteiger charge is 2.48. The van der Waals surface area contributed by atoms with Gasteiger partial charge in [-0.3, -0.25) is 19.5 Å². The van der Waals surface area contributed by atoms with E-state index in [4.69, 9.17) is 4.52 Å². The summed E-state index contributed by atoms with van der Waals surface area (Å²) in [6.45, 7) is 1.66. The first-order valence-electron chi connectivity index (χ1n) is 8.37. The highest BCUT2D eigenvalue weighted by molar-refractivity contribution is 6.51. The quantitative estimate of drug-likeness (QED) is 0.427. The summed E-state index contributed by atoms with van der Waals surface area (Å²) in [5.41, 5.74) is 0.584. The Balaban J connectivity index is 1.93. The zero-order chi connectivity index (χ0) is 19.8. The summed E-state index contributed by atoms with van der Waals surface area (Å²) >= 11 is 0. The fourth-order valence-electron chi connectivity index (χ4n) is 3.15. The Morgan fingerprint density at radius 2 is 1.96 bits per heavy atom. The second-order valence-electron chi connectivity index (χ2n) is 6.26. The molecule has 1 aliphatic heterocycles. The number of aliphatic hydroxyl groups is 1. The van der Waals surface area contributed by atoms with E-state index in [1.165, 1.54) is 24.4 Å². The van der Waals surface area contributed by atoms with Crippen molar-refractivity contribution >= 4 is 23.3 Å². The molecular weight excluding hydrogens is 365 g/mol. The molecule has 8 heteroatoms. The van der Waals surface area contributed by atoms with Gasteiger partial charge >= 0.3 is 5.91 Å². The van der Waals surface area contributed by atoms with Gasteiger partial charge in [-0.05, 0) is 42.8 Å². The summed E-state index contributed by atoms with van der Waals surface area (Å²) in [5.74, 6) is -2.03. The van der Waals surface area contributed by atoms with E-state index in [9.17, 15) is 19.1 Å². The number of aliphatic hydroxyl groups excluding tert-OH is 1. The molecule has 7 nitrogen and oxygen atoms in total. The maximum Gasteiger partial charge on any atom is 0.301 e. The lowest BCUT2D eigenvalue weighted by molar-refractivity contribution is -0.132. The first kappa shape index (κ1) is 17.6. The van der Waals surface area contributed by atoms with Gasteiger partial charge in [0, 0.05) is 24.0 Å². The van der Waals surface area contributed by atoms with Crippen LogP contribution in [0.3, 0.4) is 0 Å². The number of aromatic nitrogens is 2. The van der Waals surface area contributed by atoms with Crippen LogP contribution in [0.4, 0.5) is 10.2 Å². The van der Waals surface area contributed by atoms with Crippen molar-refractivity contribution in [2.75, 3.05) is 4.90 Å². The number of hydrogen-bond acceptors (Lipinski definition) is 6. The Bertz CT molecular complexity index is 1090. The molecule has 4 rings (SSSR count). The normalized spacial score (nSPS) is 18.6. The summed E-state index contributed by atoms with van der Waals surface area (Å²) in [4.78, 5) is 30.8. The Kier molecular flexibility index (Phi) is 4.23. The van der Waals surface area contributed by atoms with Crippen LogP contribution in [0.1, 0.15) is 22.9 Å². The Morgan fingerprint density at radius 3 is 2.57 bits per heavy atom. The molecule has 0 bridgehead atoms. The summed E-state index contributed by atoms with van der Waals surface area (Å²) in [6.07, 6.45) is 3.05. The van der Waals surface area contributed by atoms with Crippen LogP contribution >= 0.6 is 0 Å². The van der Waals surface area contributed by atoms with Gasteiger partial charge in [0.15, 0.2) is 5.82 Å². The van der Waals surface area contributed by atoms with E-state index in [1.807, 2.05) is 0 Å². The molecular formula is C20H14FN3O4. The predicted molar refractivity (Wildman–Crippen MR) is 96.7 cm³/mol. The molecule has 1 N–H and O–H groups in total. The molecule has 1 aliphatic rings. The second kappa shape index (κ2) is 6.73. The van der Waals surface area contributed by atoms with Gasteiger partial charge < -0.3 is 9.63 Å². The fourth-order valence-corrected chi connectivity index (χ4v) is 3.15. The van der Waals surface area contributed by atoms with Crippen molar-refractivity contribution in [3.05, 3.63) is 83.1 Å². The van der Waals surface area contributed by atoms with Crippen molar-refractivity contribution < 1.29 is 23.6 Å². The summed E-state index contributed by atoms with van der Waals surface area (Å²) < 4.78 is 18.3. The predicted octanol–water partition coefficient (Wildman–Crippen LogP) is 3.14. The lowest BCUT2D eigenvalue weighted by Crippen LogP contribution is -2.29. The van der Waals surface area contributed by atoms with Crippen molar-refractivity contribution in [1.82, 2.24) is 10.1 Å². The minimum Gasteiger partial charge on any atom is -0.507 e. The minimum absolute atomic E-state index is 0.134. The first-order valence-corrected chi connectivity index (χ1v) is 8.37. The number of pyridine rings is 1. The maximum atomic E-state index is 13.2. The first-order chi connectivity index (χ1) is 13.5. The third-order valence-corrected chi connectivity index (χ3v) is 4.42. The van der Waals surface area contributed by atoms with E-state index in [-0.39, 0.29) is 17.0 Å². The number of carbonyl (C=O) groups is 2. The molecule has 1 amide bonds. The third-order valence-electron chi connectivity index (χ3n) is 4.42. The zero-order valence-electron chi connectivity index (χ0n) is 14.7. The molecule has 3 heterocycles. The maximum absolute atomic E-state index is 13.2. The van der Waals surface area contributed by atoms with E-state index in [2.05, 4.69) is 10.1 Å². The number of amides is 1. The van der Waals surface area contributed by atoms with Crippen LogP contribution in [0.25, 0.3) is 5.76 Å². The smallest absolute Gasteiger partial charge is 0.301 e. The van der Waals surface area contributed by atoms with Crippen LogP contribution in [0.15, 0.2) is 65.0 Å². The molecule has 0 radical (unpaired) electrons. The molecule has 0 spiro atoms. The average Bonchev–Trinajstić information content (AvgIpc) is 3.24. The summed E-state index contributed by atoms with van der Waals surface area (Å²) in [6, 6.07) is 8.88. The lowest BCUT2D eigenvalue weighted by atomic mass is 9.96. The van der Waals surface area contributed by atoms with Gasteiger partial charge in [-0.25, -0.2) is 4.39 Å². The van der Waals surface area contributed by atoms with Gasteiger partial charge in [0.05, 0.1) is 11.6 Å². The molecule has 0 aliphatic carbocycles. The van der Waals surface area contributed by atoms with E-state index in [1.54, 1.807) is 25.3 Å². The second-order valence-corrected chi connectivity index (χ2v) is 6.26. The molecule has 3 aromatic rings. The van der Waals surface area contributed by atoms with E-state index in [0.717, 1.165) is 17.0 Å². The number of ketones is 1. The topological polar surface area (TPSA) is 96.5 Å². The highest BCUT2D eigenvalue weighted by Crippen LogP contribution is 2.41. The largest absolute Gasteiger partial charge is 0.507 e. The SMILES string of the molecule is Cc1cc(N2C(=O)C(=O)/C(=C(/O)c3ccc(F)cc3)[C@H]2c2cccnc2)no1. The van der Waals surface area contributed by atoms with Crippen LogP contribution in [-0.2, 0) is 9.59 Å². The van der Waals surface area contributed by atoms with E-state index < -0.39 is 29.3 Å². The molecule has 1 saturated heterocycles. The van der Waals surface area contributed by atoms with E-state index in [0.29, 0.717) is 11.3 Å². The number of benzene rings is 1. The molecule has 1 fully saturated rings. The van der Waals surface area contributed by atoms with Crippen LogP contribution in [-0.4, -0.2) is 26.9 Å². The molecule has 0 saturated carbocycles. The summed E-state index contributed by atoms with van der Waals surface area (Å²) in [5, 5.41) is 14.6. The summed E-state index contributed by atoms with van der Waals surface area (Å²) in [7, 11) is 0. The number of rotatable bonds is 3. The van der Waals surface area contributed by atoms with Gasteiger partial charge in [-0.1, -0.05) is 11.2 Å². The molecule has 1 atom stereocenters. The van der Waals surface area contributed by atoms with Gasteiger partial charge in [0.2, 0.25) is 0 Å². The molecule has 0 unspecified atom stereocenters. The number of hydrogen-bond donors (Lipinski definition) is 1. The lowest BCUT2D eigenvalue weighted by Gasteiger charge is -2.22. The van der Waals surface area contributed by atoms with Crippen molar-refractivity contribution in [3.8, 4) is 0 Å². The molecule has 28 heavy (non-hydrogen) atoms. The van der Waals surface area contributed by atoms with Gasteiger partial charge in [0.1, 0.15) is 17.3 Å². The Labute approximate surface area is 158 Å². The van der Waals surface area contributed by atoms with Crippen molar-refractivity contribution in [2.45, 2.75) is 13.0 Å². The number of carbonyl (C=O) groups excluding carboxylic acids is 2. The van der Waals surface area contributed by atoms with Gasteiger partial charge in [0.25, 0.3) is 5.78 Å². The van der Waals surface area contributed by atoms with Crippen LogP contribution in [0, 0.1) is 12.7 Å². The minimum atomic E-state index is -0.955. The third kappa shape index (κ3) is 2.84. The number of aryl methyl sites for hydroxylation is 1. The van der Waals surface area contributed by atoms with Crippen molar-refractivity contribution in [1.29, 1.82) is 0 Å². The van der Waals surface area contributed by atoms with Crippen molar-refractivity contribution in [3.63, 3.8) is 0 Å². The standard InChI is InChI=1S/C20H14FN3O4/c1-11-9-15(23-28-11)24-17(13-3-2-8-22-10-13)16(19(26)20(24)27)18(25)12-4-6-14(21)7-5-12/h2-10,17,25H,1H3/b18-16+/t17-/m1/s1. The van der Waals surface area contributed by atoms with Gasteiger partial charge in [-0.2, -0.15) is 0 Å². The fraction of sp³-hybridized carbons (Fsp3) is 0.100. The number of halogens is 1. The number of Topliss-reactive ketones (excluding diaryl/α,β-unsaturated/α-hetero) is 1. The highest BCUT2D eigenvalue weighted by atomic mass is 19.1. The monoisotopic (exact) mass is 379 g/mol. The number of anilines is 1. The van der Waals surface area contributed by atoms with E-state index >= 15 is 0 Å². The molecule has 2 aromatic heterocycles. The number of nitrogens with zero attached hydrogens (tertiary/aromatic N) is 3. The Morgan fingerprint density at radius 1 is 1.21 bits per heavy atom. The van der Waals surface area contributed by atoms with Gasteiger partial charge in [-0.15, -0.1) is 0 Å². The molecule has 1 aromatic carbocycles. The van der Waals surface area contributed by atoms with Crippen molar-refractivity contribution in [2.24, 2.45) is 0 Å². The average molecular weight is 379 g/mol. The zero-order valence-corrected chi connectivity index (χ0v) is 14.7. The Hall–Kier alpha value is -3.81. The van der Waals surface area contributed by atoms with Crippen LogP contribution in [0.2, 0.25) is 0 Å².